The molecule has 5 aliphatic rings. The Kier molecular flexibility index (Phi) is 4.28. The molecule has 1 heterocycles. The van der Waals surface area contributed by atoms with Gasteiger partial charge in [0.2, 0.25) is 11.8 Å². The third kappa shape index (κ3) is 2.78. The van der Waals surface area contributed by atoms with Crippen LogP contribution in [0.3, 0.4) is 0 Å². The van der Waals surface area contributed by atoms with E-state index in [0.29, 0.717) is 23.1 Å². The molecule has 7 rings (SSSR count). The molecule has 3 fully saturated rings. The van der Waals surface area contributed by atoms with Crippen LogP contribution in [-0.4, -0.2) is 17.7 Å². The van der Waals surface area contributed by atoms with Crippen molar-refractivity contribution in [2.45, 2.75) is 20.3 Å². The standard InChI is InChI=1S/C26H23BrN2O3/c1-12-10-21(13(2)9-20(12)27)28-24(30)14-3-5-15(6-4-14)29-25(31)22-16-7-8-17(19-11-18(16)19)23(22)26(29)32/h3-10,16-19,22-23H,11H2,1-2H3,(H,28,30)/t16-,17-,18-,19+,22+,23+/m0/s1. The molecule has 0 unspecified atom stereocenters. The lowest BCUT2D eigenvalue weighted by atomic mass is 9.63. The zero-order valence-corrected chi connectivity index (χ0v) is 19.4. The van der Waals surface area contributed by atoms with Crippen LogP contribution in [-0.2, 0) is 9.59 Å². The molecule has 0 radical (unpaired) electrons. The highest BCUT2D eigenvalue weighted by Gasteiger charge is 2.67. The van der Waals surface area contributed by atoms with Crippen LogP contribution < -0.4 is 10.2 Å². The minimum atomic E-state index is -0.226. The van der Waals surface area contributed by atoms with Crippen molar-refractivity contribution in [2.75, 3.05) is 10.2 Å². The summed E-state index contributed by atoms with van der Waals surface area (Å²) in [5.74, 6) is 0.764. The summed E-state index contributed by atoms with van der Waals surface area (Å²) in [5, 5.41) is 2.96. The molecule has 0 spiro atoms. The maximum Gasteiger partial charge on any atom is 0.255 e. The molecule has 162 valence electrons. The number of aryl methyl sites for hydroxylation is 2. The largest absolute Gasteiger partial charge is 0.322 e. The zero-order valence-electron chi connectivity index (χ0n) is 17.8. The minimum Gasteiger partial charge on any atom is -0.322 e. The molecule has 4 aliphatic carbocycles. The Morgan fingerprint density at radius 2 is 1.53 bits per heavy atom. The number of nitrogens with one attached hydrogen (secondary N) is 1. The average Bonchev–Trinajstić information content (AvgIpc) is 3.55. The van der Waals surface area contributed by atoms with Gasteiger partial charge in [-0.05, 0) is 91.5 Å². The van der Waals surface area contributed by atoms with E-state index in [9.17, 15) is 14.4 Å². The molecule has 2 aromatic rings. The maximum absolute atomic E-state index is 13.2. The molecule has 6 heteroatoms. The van der Waals surface area contributed by atoms with Crippen LogP contribution in [0.4, 0.5) is 11.4 Å². The first-order chi connectivity index (χ1) is 15.3. The van der Waals surface area contributed by atoms with E-state index in [0.717, 1.165) is 27.7 Å². The fourth-order valence-electron chi connectivity index (χ4n) is 6.08. The number of carbonyl (C=O) groups is 3. The lowest BCUT2D eigenvalue weighted by Crippen LogP contribution is -2.40. The predicted octanol–water partition coefficient (Wildman–Crippen LogP) is 4.88. The van der Waals surface area contributed by atoms with Crippen molar-refractivity contribution in [3.8, 4) is 0 Å². The van der Waals surface area contributed by atoms with Gasteiger partial charge in [-0.3, -0.25) is 19.3 Å². The summed E-state index contributed by atoms with van der Waals surface area (Å²) in [5.41, 5.74) is 3.79. The van der Waals surface area contributed by atoms with Gasteiger partial charge >= 0.3 is 0 Å². The normalized spacial score (nSPS) is 31.5. The summed E-state index contributed by atoms with van der Waals surface area (Å²) >= 11 is 3.50. The van der Waals surface area contributed by atoms with Crippen LogP contribution in [0.5, 0.6) is 0 Å². The molecular weight excluding hydrogens is 468 g/mol. The Balaban J connectivity index is 1.23. The van der Waals surface area contributed by atoms with E-state index in [-0.39, 0.29) is 41.4 Å². The number of allylic oxidation sites excluding steroid dienone is 2. The van der Waals surface area contributed by atoms with Crippen LogP contribution in [0.2, 0.25) is 0 Å². The SMILES string of the molecule is Cc1cc(NC(=O)c2ccc(N3C(=O)[C@@H]4[C@H]5C=C[C@@H]([C@@H]6C[C@H]56)[C@H]4C3=O)cc2)c(C)cc1Br. The van der Waals surface area contributed by atoms with E-state index in [1.807, 2.05) is 26.0 Å². The third-order valence-corrected chi connectivity index (χ3v) is 8.66. The number of carbonyl (C=O) groups excluding carboxylic acids is 3. The van der Waals surface area contributed by atoms with Gasteiger partial charge in [-0.15, -0.1) is 0 Å². The van der Waals surface area contributed by atoms with E-state index in [4.69, 9.17) is 0 Å². The van der Waals surface area contributed by atoms with Gasteiger partial charge in [0.25, 0.3) is 5.91 Å². The minimum absolute atomic E-state index is 0.0807. The van der Waals surface area contributed by atoms with Crippen molar-refractivity contribution in [3.63, 3.8) is 0 Å². The van der Waals surface area contributed by atoms with Crippen LogP contribution in [0.15, 0.2) is 53.0 Å². The van der Waals surface area contributed by atoms with Crippen LogP contribution in [0, 0.1) is 49.4 Å². The second-order valence-corrected chi connectivity index (χ2v) is 10.4. The number of benzene rings is 2. The van der Waals surface area contributed by atoms with Crippen molar-refractivity contribution in [1.29, 1.82) is 0 Å². The van der Waals surface area contributed by atoms with Crippen molar-refractivity contribution >= 4 is 45.0 Å². The number of imide groups is 1. The van der Waals surface area contributed by atoms with Gasteiger partial charge in [0.05, 0.1) is 17.5 Å². The van der Waals surface area contributed by atoms with Crippen LogP contribution in [0.1, 0.15) is 27.9 Å². The fourth-order valence-corrected chi connectivity index (χ4v) is 6.54. The van der Waals surface area contributed by atoms with Gasteiger partial charge in [0.15, 0.2) is 0 Å². The number of amides is 3. The molecule has 1 aliphatic heterocycles. The van der Waals surface area contributed by atoms with Crippen molar-refractivity contribution in [1.82, 2.24) is 0 Å². The number of hydrogen-bond donors (Lipinski definition) is 1. The molecule has 5 nitrogen and oxygen atoms in total. The smallest absolute Gasteiger partial charge is 0.255 e. The molecule has 2 saturated carbocycles. The highest BCUT2D eigenvalue weighted by Crippen LogP contribution is 2.65. The summed E-state index contributed by atoms with van der Waals surface area (Å²) in [6, 6.07) is 10.7. The quantitative estimate of drug-likeness (QED) is 0.492. The molecule has 2 bridgehead atoms. The number of rotatable bonds is 3. The number of halogens is 1. The van der Waals surface area contributed by atoms with Gasteiger partial charge in [0.1, 0.15) is 0 Å². The Morgan fingerprint density at radius 3 is 2.12 bits per heavy atom. The van der Waals surface area contributed by atoms with Crippen molar-refractivity contribution < 1.29 is 14.4 Å². The van der Waals surface area contributed by atoms with Crippen molar-refractivity contribution in [3.05, 3.63) is 69.7 Å². The first-order valence-electron chi connectivity index (χ1n) is 11.1. The maximum atomic E-state index is 13.2. The number of nitrogens with zero attached hydrogens (tertiary/aromatic N) is 1. The average molecular weight is 491 g/mol. The first kappa shape index (κ1) is 19.9. The van der Waals surface area contributed by atoms with Crippen LogP contribution >= 0.6 is 15.9 Å². The van der Waals surface area contributed by atoms with Crippen LogP contribution in [0.25, 0.3) is 0 Å². The van der Waals surface area contributed by atoms with Gasteiger partial charge in [-0.25, -0.2) is 0 Å². The van der Waals surface area contributed by atoms with E-state index >= 15 is 0 Å². The predicted molar refractivity (Wildman–Crippen MR) is 125 cm³/mol. The monoisotopic (exact) mass is 490 g/mol. The zero-order chi connectivity index (χ0) is 22.3. The van der Waals surface area contributed by atoms with Gasteiger partial charge in [0, 0.05) is 15.7 Å². The topological polar surface area (TPSA) is 66.5 Å². The molecule has 2 aromatic carbocycles. The van der Waals surface area contributed by atoms with Crippen molar-refractivity contribution in [2.24, 2.45) is 35.5 Å². The lowest BCUT2D eigenvalue weighted by molar-refractivity contribution is -0.124. The lowest BCUT2D eigenvalue weighted by Gasteiger charge is -2.37. The van der Waals surface area contributed by atoms with E-state index in [2.05, 4.69) is 33.4 Å². The molecular formula is C26H23BrN2O3. The summed E-state index contributed by atoms with van der Waals surface area (Å²) in [6.45, 7) is 3.92. The van der Waals surface area contributed by atoms with E-state index < -0.39 is 0 Å². The molecule has 6 atom stereocenters. The molecule has 0 aromatic heterocycles. The molecule has 3 amide bonds. The Hall–Kier alpha value is -2.73. The highest BCUT2D eigenvalue weighted by atomic mass is 79.9. The summed E-state index contributed by atoms with van der Waals surface area (Å²) in [4.78, 5) is 40.6. The van der Waals surface area contributed by atoms with Gasteiger partial charge in [-0.1, -0.05) is 28.1 Å². The first-order valence-corrected chi connectivity index (χ1v) is 11.9. The molecule has 32 heavy (non-hydrogen) atoms. The number of anilines is 2. The van der Waals surface area contributed by atoms with Gasteiger partial charge in [-0.2, -0.15) is 0 Å². The second-order valence-electron chi connectivity index (χ2n) is 9.58. The Labute approximate surface area is 195 Å². The summed E-state index contributed by atoms with van der Waals surface area (Å²) in [6.07, 6.45) is 5.50. The highest BCUT2D eigenvalue weighted by molar-refractivity contribution is 9.10. The second kappa shape index (κ2) is 6.88. The van der Waals surface area contributed by atoms with E-state index in [1.54, 1.807) is 24.3 Å². The summed E-state index contributed by atoms with van der Waals surface area (Å²) in [7, 11) is 0. The Bertz CT molecular complexity index is 1180. The molecule has 1 saturated heterocycles. The fraction of sp³-hybridized carbons (Fsp3) is 0.346. The van der Waals surface area contributed by atoms with Gasteiger partial charge < -0.3 is 5.32 Å². The Morgan fingerprint density at radius 1 is 0.938 bits per heavy atom. The number of hydrogen-bond acceptors (Lipinski definition) is 3. The van der Waals surface area contributed by atoms with E-state index in [1.165, 1.54) is 4.90 Å². The molecule has 1 N–H and O–H groups in total. The third-order valence-electron chi connectivity index (χ3n) is 7.80. The summed E-state index contributed by atoms with van der Waals surface area (Å²) < 4.78 is 0.999.